The highest BCUT2D eigenvalue weighted by Crippen LogP contribution is 2.19. The van der Waals surface area contributed by atoms with Gasteiger partial charge in [-0.25, -0.2) is 0 Å². The number of nitrogens with zero attached hydrogens (tertiary/aromatic N) is 1. The second kappa shape index (κ2) is 11.2. The van der Waals surface area contributed by atoms with E-state index in [-0.39, 0.29) is 18.4 Å². The van der Waals surface area contributed by atoms with E-state index in [4.69, 9.17) is 4.74 Å². The Kier molecular flexibility index (Phi) is 8.71. The summed E-state index contributed by atoms with van der Waals surface area (Å²) in [5.74, 6) is 0.356. The molecule has 1 atom stereocenters. The largest absolute Gasteiger partial charge is 0.483 e. The Balaban J connectivity index is 2.07. The van der Waals surface area contributed by atoms with Crippen molar-refractivity contribution in [3.05, 3.63) is 65.2 Å². The van der Waals surface area contributed by atoms with Crippen LogP contribution in [0, 0.1) is 13.8 Å². The summed E-state index contributed by atoms with van der Waals surface area (Å²) in [6.07, 6.45) is 1.54. The van der Waals surface area contributed by atoms with Gasteiger partial charge in [0.05, 0.1) is 0 Å². The van der Waals surface area contributed by atoms with Crippen molar-refractivity contribution in [2.45, 2.75) is 46.6 Å². The van der Waals surface area contributed by atoms with E-state index >= 15 is 0 Å². The minimum Gasteiger partial charge on any atom is -0.483 e. The van der Waals surface area contributed by atoms with Crippen molar-refractivity contribution in [3.63, 3.8) is 0 Å². The fourth-order valence-corrected chi connectivity index (χ4v) is 3.15. The van der Waals surface area contributed by atoms with Crippen molar-refractivity contribution < 1.29 is 14.3 Å². The Labute approximate surface area is 174 Å². The molecule has 0 unspecified atom stereocenters. The molecule has 0 aromatic heterocycles. The van der Waals surface area contributed by atoms with E-state index < -0.39 is 6.04 Å². The zero-order chi connectivity index (χ0) is 21.2. The fraction of sp³-hybridized carbons (Fsp3) is 0.417. The quantitative estimate of drug-likeness (QED) is 0.667. The Hall–Kier alpha value is -2.82. The number of amides is 2. The molecule has 0 fully saturated rings. The SMILES string of the molecule is CCCNC(=O)[C@@H](C)N(CCc1ccccc1)C(=O)COc1ccc(C)cc1C. The molecule has 156 valence electrons. The van der Waals surface area contributed by atoms with Crippen LogP contribution in [0.4, 0.5) is 0 Å². The molecule has 0 radical (unpaired) electrons. The molecule has 0 aliphatic heterocycles. The van der Waals surface area contributed by atoms with Gasteiger partial charge in [-0.2, -0.15) is 0 Å². The maximum atomic E-state index is 13.0. The van der Waals surface area contributed by atoms with E-state index in [2.05, 4.69) is 5.32 Å². The second-order valence-electron chi connectivity index (χ2n) is 7.35. The molecule has 0 saturated heterocycles. The summed E-state index contributed by atoms with van der Waals surface area (Å²) < 4.78 is 5.77. The van der Waals surface area contributed by atoms with Crippen molar-refractivity contribution in [1.82, 2.24) is 10.2 Å². The van der Waals surface area contributed by atoms with E-state index in [1.165, 1.54) is 0 Å². The first-order valence-electron chi connectivity index (χ1n) is 10.2. The molecule has 2 rings (SSSR count). The molecular weight excluding hydrogens is 364 g/mol. The molecule has 2 aromatic carbocycles. The fourth-order valence-electron chi connectivity index (χ4n) is 3.15. The topological polar surface area (TPSA) is 58.6 Å². The van der Waals surface area contributed by atoms with Gasteiger partial charge in [-0.05, 0) is 50.8 Å². The molecule has 2 aromatic rings. The predicted octanol–water partition coefficient (Wildman–Crippen LogP) is 3.67. The van der Waals surface area contributed by atoms with Crippen LogP contribution in [0.15, 0.2) is 48.5 Å². The van der Waals surface area contributed by atoms with Crippen LogP contribution in [-0.2, 0) is 16.0 Å². The first-order chi connectivity index (χ1) is 13.9. The van der Waals surface area contributed by atoms with E-state index in [1.807, 2.05) is 69.3 Å². The van der Waals surface area contributed by atoms with Crippen LogP contribution in [0.5, 0.6) is 5.75 Å². The second-order valence-corrected chi connectivity index (χ2v) is 7.35. The smallest absolute Gasteiger partial charge is 0.261 e. The van der Waals surface area contributed by atoms with Crippen molar-refractivity contribution in [3.8, 4) is 5.75 Å². The summed E-state index contributed by atoms with van der Waals surface area (Å²) in [5, 5.41) is 2.88. The Morgan fingerprint density at radius 3 is 2.48 bits per heavy atom. The lowest BCUT2D eigenvalue weighted by atomic mass is 10.1. The van der Waals surface area contributed by atoms with E-state index in [9.17, 15) is 9.59 Å². The van der Waals surface area contributed by atoms with Crippen LogP contribution in [0.3, 0.4) is 0 Å². The van der Waals surface area contributed by atoms with Gasteiger partial charge in [-0.15, -0.1) is 0 Å². The van der Waals surface area contributed by atoms with Gasteiger partial charge in [0.25, 0.3) is 5.91 Å². The maximum Gasteiger partial charge on any atom is 0.261 e. The van der Waals surface area contributed by atoms with Crippen LogP contribution >= 0.6 is 0 Å². The lowest BCUT2D eigenvalue weighted by Gasteiger charge is -2.28. The molecule has 2 amide bonds. The van der Waals surface area contributed by atoms with Gasteiger partial charge in [0.15, 0.2) is 6.61 Å². The van der Waals surface area contributed by atoms with Crippen LogP contribution in [0.25, 0.3) is 0 Å². The molecule has 0 bridgehead atoms. The summed E-state index contributed by atoms with van der Waals surface area (Å²) in [6, 6.07) is 15.3. The van der Waals surface area contributed by atoms with Gasteiger partial charge in [0.1, 0.15) is 11.8 Å². The Bertz CT molecular complexity index is 805. The number of hydrogen-bond acceptors (Lipinski definition) is 3. The zero-order valence-electron chi connectivity index (χ0n) is 17.9. The number of benzene rings is 2. The highest BCUT2D eigenvalue weighted by Gasteiger charge is 2.26. The first-order valence-corrected chi connectivity index (χ1v) is 10.2. The van der Waals surface area contributed by atoms with E-state index in [1.54, 1.807) is 11.8 Å². The van der Waals surface area contributed by atoms with Crippen molar-refractivity contribution in [2.24, 2.45) is 0 Å². The number of carbonyl (C=O) groups excluding carboxylic acids is 2. The number of aryl methyl sites for hydroxylation is 2. The molecule has 0 aliphatic carbocycles. The number of ether oxygens (including phenoxy) is 1. The van der Waals surface area contributed by atoms with Crippen molar-refractivity contribution in [2.75, 3.05) is 19.7 Å². The highest BCUT2D eigenvalue weighted by molar-refractivity contribution is 5.88. The van der Waals surface area contributed by atoms with Crippen molar-refractivity contribution >= 4 is 11.8 Å². The molecule has 0 spiro atoms. The minimum atomic E-state index is -0.555. The third kappa shape index (κ3) is 6.93. The lowest BCUT2D eigenvalue weighted by Crippen LogP contribution is -2.50. The summed E-state index contributed by atoms with van der Waals surface area (Å²) in [6.45, 7) is 8.71. The van der Waals surface area contributed by atoms with Crippen LogP contribution in [0.1, 0.15) is 37.0 Å². The molecule has 1 N–H and O–H groups in total. The third-order valence-corrected chi connectivity index (χ3v) is 4.88. The van der Waals surface area contributed by atoms with Gasteiger partial charge in [-0.3, -0.25) is 9.59 Å². The minimum absolute atomic E-state index is 0.0932. The molecule has 29 heavy (non-hydrogen) atoms. The number of carbonyl (C=O) groups is 2. The number of rotatable bonds is 10. The van der Waals surface area contributed by atoms with Gasteiger partial charge in [0.2, 0.25) is 5.91 Å². The Morgan fingerprint density at radius 1 is 1.10 bits per heavy atom. The van der Waals surface area contributed by atoms with Gasteiger partial charge < -0.3 is 15.0 Å². The monoisotopic (exact) mass is 396 g/mol. The predicted molar refractivity (Wildman–Crippen MR) is 116 cm³/mol. The molecule has 0 saturated carbocycles. The number of hydrogen-bond donors (Lipinski definition) is 1. The molecule has 0 heterocycles. The van der Waals surface area contributed by atoms with Crippen LogP contribution in [0.2, 0.25) is 0 Å². The maximum absolute atomic E-state index is 13.0. The van der Waals surface area contributed by atoms with Gasteiger partial charge in [0, 0.05) is 13.1 Å². The summed E-state index contributed by atoms with van der Waals surface area (Å²) in [4.78, 5) is 27.0. The molecule has 5 heteroatoms. The van der Waals surface area contributed by atoms with Crippen LogP contribution < -0.4 is 10.1 Å². The molecule has 5 nitrogen and oxygen atoms in total. The number of nitrogens with one attached hydrogen (secondary N) is 1. The van der Waals surface area contributed by atoms with Gasteiger partial charge >= 0.3 is 0 Å². The standard InChI is InChI=1S/C24H32N2O3/c1-5-14-25-24(28)20(4)26(15-13-21-9-7-6-8-10-21)23(27)17-29-22-12-11-18(2)16-19(22)3/h6-12,16,20H,5,13-15,17H2,1-4H3,(H,25,28)/t20-/m1/s1. The van der Waals surface area contributed by atoms with E-state index in [0.29, 0.717) is 25.3 Å². The first kappa shape index (κ1) is 22.5. The summed E-state index contributed by atoms with van der Waals surface area (Å²) in [5.41, 5.74) is 3.26. The van der Waals surface area contributed by atoms with Crippen LogP contribution in [-0.4, -0.2) is 42.5 Å². The zero-order valence-corrected chi connectivity index (χ0v) is 17.9. The van der Waals surface area contributed by atoms with Crippen molar-refractivity contribution in [1.29, 1.82) is 0 Å². The lowest BCUT2D eigenvalue weighted by molar-refractivity contribution is -0.141. The molecular formula is C24H32N2O3. The molecule has 0 aliphatic rings. The average molecular weight is 397 g/mol. The highest BCUT2D eigenvalue weighted by atomic mass is 16.5. The Morgan fingerprint density at radius 2 is 1.83 bits per heavy atom. The summed E-state index contributed by atoms with van der Waals surface area (Å²) >= 11 is 0. The third-order valence-electron chi connectivity index (χ3n) is 4.88. The normalized spacial score (nSPS) is 11.6. The average Bonchev–Trinajstić information content (AvgIpc) is 2.72. The van der Waals surface area contributed by atoms with Gasteiger partial charge in [-0.1, -0.05) is 55.0 Å². The summed E-state index contributed by atoms with van der Waals surface area (Å²) in [7, 11) is 0. The van der Waals surface area contributed by atoms with E-state index in [0.717, 1.165) is 23.1 Å².